The van der Waals surface area contributed by atoms with Crippen LogP contribution >= 0.6 is 15.6 Å². The highest BCUT2D eigenvalue weighted by molar-refractivity contribution is 7.47. The Bertz CT molecular complexity index is 1750. The van der Waals surface area contributed by atoms with Gasteiger partial charge in [-0.3, -0.25) is 37.3 Å². The zero-order chi connectivity index (χ0) is 67.0. The van der Waals surface area contributed by atoms with Gasteiger partial charge in [0.2, 0.25) is 0 Å². The first-order chi connectivity index (χ1) is 44.0. The largest absolute Gasteiger partial charge is 0.472 e. The van der Waals surface area contributed by atoms with Gasteiger partial charge in [-0.2, -0.15) is 0 Å². The van der Waals surface area contributed by atoms with Crippen molar-refractivity contribution in [2.75, 3.05) is 39.6 Å². The van der Waals surface area contributed by atoms with Crippen molar-refractivity contribution < 1.29 is 80.2 Å². The average Bonchev–Trinajstić information content (AvgIpc) is 3.73. The molecule has 0 rings (SSSR count). The standard InChI is InChI=1S/C72H140O17P2/c1-6-9-12-15-18-21-24-25-26-27-28-29-30-31-32-33-34-37-42-48-53-58-72(77)89-68(62-83-70(75)56-51-46-43-38-39-44-49-54-65(4)5)64-87-91(80,81)85-60-66(73)59-84-90(78,79)86-63-67(88-71(76)57-52-47-41-36-23-20-17-14-11-8-3)61-82-69(74)55-50-45-40-35-22-19-16-13-10-7-2/h65-68,73H,6-64H2,1-5H3,(H,78,79)(H,80,81)/t66-,67+,68+/m0/s1. The van der Waals surface area contributed by atoms with Crippen LogP contribution in [-0.4, -0.2) is 96.7 Å². The minimum absolute atomic E-state index is 0.107. The molecule has 0 spiro atoms. The summed E-state index contributed by atoms with van der Waals surface area (Å²) >= 11 is 0. The first-order valence-electron chi connectivity index (χ1n) is 37.6. The molecule has 17 nitrogen and oxygen atoms in total. The fourth-order valence-electron chi connectivity index (χ4n) is 11.0. The maximum Gasteiger partial charge on any atom is 0.472 e. The van der Waals surface area contributed by atoms with Gasteiger partial charge in [0, 0.05) is 25.7 Å². The highest BCUT2D eigenvalue weighted by atomic mass is 31.2. The van der Waals surface area contributed by atoms with Gasteiger partial charge in [0.25, 0.3) is 0 Å². The lowest BCUT2D eigenvalue weighted by atomic mass is 10.0. The van der Waals surface area contributed by atoms with Gasteiger partial charge in [0.05, 0.1) is 26.4 Å². The van der Waals surface area contributed by atoms with E-state index in [9.17, 15) is 43.2 Å². The Balaban J connectivity index is 5.14. The summed E-state index contributed by atoms with van der Waals surface area (Å²) in [6.07, 6.45) is 52.9. The molecule has 0 saturated carbocycles. The maximum absolute atomic E-state index is 13.0. The maximum atomic E-state index is 13.0. The normalized spacial score (nSPS) is 14.0. The molecule has 0 aliphatic carbocycles. The molecule has 0 aliphatic heterocycles. The zero-order valence-corrected chi connectivity index (χ0v) is 60.8. The SMILES string of the molecule is CCCCCCCCCCCCCCCCCCCCCCCC(=O)O[C@H](COC(=O)CCCCCCCCCC(C)C)COP(=O)(O)OC[C@@H](O)COP(=O)(O)OC[C@@H](COC(=O)CCCCCCCCCCCC)OC(=O)CCCCCCCCCCCC. The van der Waals surface area contributed by atoms with E-state index in [1.54, 1.807) is 0 Å². The monoisotopic (exact) mass is 1340 g/mol. The Morgan fingerprint density at radius 3 is 0.747 bits per heavy atom. The van der Waals surface area contributed by atoms with E-state index in [2.05, 4.69) is 34.6 Å². The number of carbonyl (C=O) groups excluding carboxylic acids is 4. The number of carbonyl (C=O) groups is 4. The third-order valence-electron chi connectivity index (χ3n) is 16.8. The third kappa shape index (κ3) is 66.5. The van der Waals surface area contributed by atoms with Crippen LogP contribution in [-0.2, 0) is 65.4 Å². The number of hydrogen-bond acceptors (Lipinski definition) is 15. The van der Waals surface area contributed by atoms with Crippen molar-refractivity contribution in [2.45, 2.75) is 393 Å². The van der Waals surface area contributed by atoms with Crippen LogP contribution in [0.1, 0.15) is 375 Å². The van der Waals surface area contributed by atoms with Crippen LogP contribution in [0.5, 0.6) is 0 Å². The van der Waals surface area contributed by atoms with E-state index in [4.69, 9.17) is 37.0 Å². The van der Waals surface area contributed by atoms with Crippen LogP contribution in [0.15, 0.2) is 0 Å². The lowest BCUT2D eigenvalue weighted by Crippen LogP contribution is -2.30. The number of ether oxygens (including phenoxy) is 4. The lowest BCUT2D eigenvalue weighted by Gasteiger charge is -2.21. The highest BCUT2D eigenvalue weighted by Gasteiger charge is 2.30. The van der Waals surface area contributed by atoms with Crippen molar-refractivity contribution in [1.29, 1.82) is 0 Å². The van der Waals surface area contributed by atoms with Crippen molar-refractivity contribution in [3.8, 4) is 0 Å². The first kappa shape index (κ1) is 89.1. The number of hydrogen-bond donors (Lipinski definition) is 3. The summed E-state index contributed by atoms with van der Waals surface area (Å²) in [4.78, 5) is 72.5. The molecule has 0 aromatic carbocycles. The van der Waals surface area contributed by atoms with Crippen LogP contribution in [0.25, 0.3) is 0 Å². The van der Waals surface area contributed by atoms with Gasteiger partial charge in [-0.15, -0.1) is 0 Å². The third-order valence-corrected chi connectivity index (χ3v) is 18.7. The number of esters is 4. The van der Waals surface area contributed by atoms with E-state index < -0.39 is 97.5 Å². The topological polar surface area (TPSA) is 237 Å². The van der Waals surface area contributed by atoms with Crippen LogP contribution in [0.3, 0.4) is 0 Å². The molecule has 2 unspecified atom stereocenters. The van der Waals surface area contributed by atoms with Crippen molar-refractivity contribution in [2.24, 2.45) is 5.92 Å². The number of aliphatic hydroxyl groups excluding tert-OH is 1. The summed E-state index contributed by atoms with van der Waals surface area (Å²) in [5.74, 6) is -1.42. The molecular formula is C72H140O17P2. The fraction of sp³-hybridized carbons (Fsp3) is 0.944. The van der Waals surface area contributed by atoms with Crippen LogP contribution in [0, 0.1) is 5.92 Å². The second-order valence-corrected chi connectivity index (χ2v) is 29.4. The van der Waals surface area contributed by atoms with Crippen molar-refractivity contribution in [3.05, 3.63) is 0 Å². The molecule has 0 heterocycles. The second kappa shape index (κ2) is 65.4. The predicted octanol–water partition coefficient (Wildman–Crippen LogP) is 20.9. The minimum atomic E-state index is -4.95. The smallest absolute Gasteiger partial charge is 0.462 e. The van der Waals surface area contributed by atoms with Crippen molar-refractivity contribution >= 4 is 39.5 Å². The zero-order valence-electron chi connectivity index (χ0n) is 59.0. The van der Waals surface area contributed by atoms with Gasteiger partial charge in [-0.1, -0.05) is 324 Å². The summed E-state index contributed by atoms with van der Waals surface area (Å²) < 4.78 is 68.3. The molecule has 91 heavy (non-hydrogen) atoms. The molecule has 0 aliphatic rings. The van der Waals surface area contributed by atoms with Crippen LogP contribution < -0.4 is 0 Å². The summed E-state index contributed by atoms with van der Waals surface area (Å²) in [6.45, 7) is 7.18. The quantitative estimate of drug-likeness (QED) is 0.0222. The molecule has 0 bridgehead atoms. The molecule has 0 aromatic heterocycles. The van der Waals surface area contributed by atoms with Crippen LogP contribution in [0.2, 0.25) is 0 Å². The van der Waals surface area contributed by atoms with Gasteiger partial charge < -0.3 is 33.8 Å². The van der Waals surface area contributed by atoms with Gasteiger partial charge in [0.1, 0.15) is 19.3 Å². The number of phosphoric ester groups is 2. The van der Waals surface area contributed by atoms with Gasteiger partial charge >= 0.3 is 39.5 Å². The molecule has 0 aromatic rings. The van der Waals surface area contributed by atoms with Gasteiger partial charge in [0.15, 0.2) is 12.2 Å². The Kier molecular flexibility index (Phi) is 64.0. The number of unbranched alkanes of at least 4 members (excludes halogenated alkanes) is 44. The number of rotatable bonds is 72. The fourth-order valence-corrected chi connectivity index (χ4v) is 12.6. The average molecular weight is 1340 g/mol. The van der Waals surface area contributed by atoms with E-state index in [0.717, 1.165) is 96.3 Å². The summed E-state index contributed by atoms with van der Waals surface area (Å²) in [7, 11) is -9.90. The van der Waals surface area contributed by atoms with E-state index >= 15 is 0 Å². The number of aliphatic hydroxyl groups is 1. The molecule has 0 radical (unpaired) electrons. The Hall–Kier alpha value is -1.94. The molecule has 3 N–H and O–H groups in total. The van der Waals surface area contributed by atoms with Gasteiger partial charge in [-0.05, 0) is 31.6 Å². The van der Waals surface area contributed by atoms with E-state index in [1.807, 2.05) is 0 Å². The first-order valence-corrected chi connectivity index (χ1v) is 40.6. The Labute approximate surface area is 556 Å². The van der Waals surface area contributed by atoms with Crippen molar-refractivity contribution in [3.63, 3.8) is 0 Å². The summed E-state index contributed by atoms with van der Waals surface area (Å²) in [5.41, 5.74) is 0. The van der Waals surface area contributed by atoms with Crippen LogP contribution in [0.4, 0.5) is 0 Å². The highest BCUT2D eigenvalue weighted by Crippen LogP contribution is 2.45. The van der Waals surface area contributed by atoms with E-state index in [0.29, 0.717) is 31.6 Å². The second-order valence-electron chi connectivity index (χ2n) is 26.5. The molecule has 5 atom stereocenters. The van der Waals surface area contributed by atoms with E-state index in [1.165, 1.54) is 193 Å². The molecule has 19 heteroatoms. The van der Waals surface area contributed by atoms with E-state index in [-0.39, 0.29) is 25.7 Å². The molecular weight excluding hydrogens is 1200 g/mol. The summed E-state index contributed by atoms with van der Waals surface area (Å²) in [6, 6.07) is 0. The number of phosphoric acid groups is 2. The summed E-state index contributed by atoms with van der Waals surface area (Å²) in [5, 5.41) is 10.6. The predicted molar refractivity (Wildman–Crippen MR) is 368 cm³/mol. The lowest BCUT2D eigenvalue weighted by molar-refractivity contribution is -0.161. The Morgan fingerprint density at radius 2 is 0.505 bits per heavy atom. The molecule has 0 amide bonds. The molecule has 0 fully saturated rings. The van der Waals surface area contributed by atoms with Crippen molar-refractivity contribution in [1.82, 2.24) is 0 Å². The minimum Gasteiger partial charge on any atom is -0.462 e. The Morgan fingerprint density at radius 1 is 0.297 bits per heavy atom. The van der Waals surface area contributed by atoms with Gasteiger partial charge in [-0.25, -0.2) is 9.13 Å². The molecule has 540 valence electrons. The molecule has 0 saturated heterocycles.